The van der Waals surface area contributed by atoms with E-state index in [-0.39, 0.29) is 0 Å². The molecule has 0 amide bonds. The fourth-order valence-electron chi connectivity index (χ4n) is 4.37. The van der Waals surface area contributed by atoms with Crippen LogP contribution in [0, 0.1) is 11.8 Å². The fourth-order valence-corrected chi connectivity index (χ4v) is 4.37. The van der Waals surface area contributed by atoms with E-state index in [1.54, 1.807) is 7.11 Å². The smallest absolute Gasteiger partial charge is 0.240 e. The van der Waals surface area contributed by atoms with E-state index in [0.29, 0.717) is 12.4 Å². The first kappa shape index (κ1) is 15.5. The first-order chi connectivity index (χ1) is 11.3. The number of rotatable bonds is 6. The van der Waals surface area contributed by atoms with Crippen molar-refractivity contribution in [1.82, 2.24) is 19.9 Å². The lowest BCUT2D eigenvalue weighted by molar-refractivity contribution is 0.0887. The average Bonchev–Trinajstić information content (AvgIpc) is 2.75. The summed E-state index contributed by atoms with van der Waals surface area (Å²) in [5.74, 6) is 3.14. The monoisotopic (exact) mass is 320 g/mol. The van der Waals surface area contributed by atoms with Gasteiger partial charge in [0, 0.05) is 39.3 Å². The Kier molecular flexibility index (Phi) is 4.64. The van der Waals surface area contributed by atoms with Crippen molar-refractivity contribution in [3.63, 3.8) is 0 Å². The Labute approximate surface area is 138 Å². The van der Waals surface area contributed by atoms with Gasteiger partial charge in [-0.2, -0.15) is 4.98 Å². The number of hydrogen-bond donors (Lipinski definition) is 0. The molecule has 1 aromatic rings. The Bertz CT molecular complexity index is 516. The number of fused-ring (bicyclic) bond motifs is 4. The summed E-state index contributed by atoms with van der Waals surface area (Å²) in [5.41, 5.74) is 0. The van der Waals surface area contributed by atoms with Crippen LogP contribution in [0.2, 0.25) is 0 Å². The van der Waals surface area contributed by atoms with Crippen LogP contribution in [0.1, 0.15) is 43.8 Å². The molecule has 3 saturated heterocycles. The highest BCUT2D eigenvalue weighted by Crippen LogP contribution is 2.33. The minimum Gasteiger partial charge on any atom is -0.377 e. The van der Waals surface area contributed by atoms with Gasteiger partial charge in [0.05, 0.1) is 6.54 Å². The summed E-state index contributed by atoms with van der Waals surface area (Å²) >= 11 is 0. The SMILES string of the molecule is COCc1noc(CN2C[C@@H]3CC[C@H](C2)N(CC2CCC2)C3)n1. The molecule has 1 saturated carbocycles. The minimum absolute atomic E-state index is 0.421. The highest BCUT2D eigenvalue weighted by atomic mass is 16.5. The lowest BCUT2D eigenvalue weighted by Gasteiger charge is -2.40. The van der Waals surface area contributed by atoms with Gasteiger partial charge in [-0.05, 0) is 37.5 Å². The third-order valence-corrected chi connectivity index (χ3v) is 5.76. The van der Waals surface area contributed by atoms with Crippen molar-refractivity contribution in [2.45, 2.75) is 51.3 Å². The number of piperidine rings is 1. The number of hydrogen-bond acceptors (Lipinski definition) is 6. The lowest BCUT2D eigenvalue weighted by atomic mass is 9.83. The van der Waals surface area contributed by atoms with Crippen LogP contribution < -0.4 is 0 Å². The van der Waals surface area contributed by atoms with Crippen LogP contribution in [0.3, 0.4) is 0 Å². The zero-order valence-electron chi connectivity index (χ0n) is 14.1. The molecular formula is C17H28N4O2. The van der Waals surface area contributed by atoms with Crippen molar-refractivity contribution in [3.05, 3.63) is 11.7 Å². The molecule has 2 atom stereocenters. The highest BCUT2D eigenvalue weighted by Gasteiger charge is 2.36. The lowest BCUT2D eigenvalue weighted by Crippen LogP contribution is -2.46. The summed E-state index contributed by atoms with van der Waals surface area (Å²) in [6, 6.07) is 0.718. The first-order valence-electron chi connectivity index (χ1n) is 9.07. The number of nitrogens with zero attached hydrogens (tertiary/aromatic N) is 4. The van der Waals surface area contributed by atoms with Crippen LogP contribution in [-0.4, -0.2) is 59.3 Å². The number of aromatic nitrogens is 2. The van der Waals surface area contributed by atoms with Crippen LogP contribution in [-0.2, 0) is 17.9 Å². The molecule has 4 aliphatic rings. The molecule has 6 nitrogen and oxygen atoms in total. The van der Waals surface area contributed by atoms with E-state index in [1.807, 2.05) is 0 Å². The van der Waals surface area contributed by atoms with Gasteiger partial charge in [-0.1, -0.05) is 11.6 Å². The van der Waals surface area contributed by atoms with Crippen molar-refractivity contribution in [1.29, 1.82) is 0 Å². The van der Waals surface area contributed by atoms with Crippen molar-refractivity contribution in [3.8, 4) is 0 Å². The van der Waals surface area contributed by atoms with Gasteiger partial charge in [0.2, 0.25) is 5.89 Å². The Hall–Kier alpha value is -0.980. The molecule has 0 radical (unpaired) electrons. The van der Waals surface area contributed by atoms with Gasteiger partial charge in [0.1, 0.15) is 6.61 Å². The largest absolute Gasteiger partial charge is 0.377 e. The summed E-state index contributed by atoms with van der Waals surface area (Å²) in [6.45, 7) is 6.12. The molecule has 0 N–H and O–H groups in total. The summed E-state index contributed by atoms with van der Waals surface area (Å²) < 4.78 is 10.4. The molecule has 4 heterocycles. The minimum atomic E-state index is 0.421. The van der Waals surface area contributed by atoms with Crippen LogP contribution in [0.25, 0.3) is 0 Å². The molecule has 0 unspecified atom stereocenters. The summed E-state index contributed by atoms with van der Waals surface area (Å²) in [6.07, 6.45) is 7.07. The molecule has 4 fully saturated rings. The van der Waals surface area contributed by atoms with Gasteiger partial charge in [0.15, 0.2) is 5.82 Å². The summed E-state index contributed by atoms with van der Waals surface area (Å²) in [4.78, 5) is 9.73. The standard InChI is InChI=1S/C17H28N4O2/c1-22-12-16-18-17(23-19-16)11-20-7-14-5-6-15(10-20)21(9-14)8-13-3-2-4-13/h13-15H,2-12H2,1H3/t14-,15+/m0/s1. The van der Waals surface area contributed by atoms with Crippen LogP contribution in [0.15, 0.2) is 4.52 Å². The van der Waals surface area contributed by atoms with Gasteiger partial charge in [-0.15, -0.1) is 0 Å². The molecule has 0 spiro atoms. The molecule has 1 aromatic heterocycles. The second-order valence-corrected chi connectivity index (χ2v) is 7.58. The van der Waals surface area contributed by atoms with E-state index in [2.05, 4.69) is 19.9 Å². The Morgan fingerprint density at radius 1 is 1.17 bits per heavy atom. The predicted octanol–water partition coefficient (Wildman–Crippen LogP) is 1.91. The molecule has 23 heavy (non-hydrogen) atoms. The van der Waals surface area contributed by atoms with E-state index >= 15 is 0 Å². The second-order valence-electron chi connectivity index (χ2n) is 7.58. The zero-order valence-corrected chi connectivity index (χ0v) is 14.1. The molecular weight excluding hydrogens is 292 g/mol. The predicted molar refractivity (Wildman–Crippen MR) is 85.7 cm³/mol. The van der Waals surface area contributed by atoms with Gasteiger partial charge in [-0.3, -0.25) is 9.80 Å². The molecule has 3 aliphatic heterocycles. The van der Waals surface area contributed by atoms with Gasteiger partial charge >= 0.3 is 0 Å². The zero-order chi connectivity index (χ0) is 15.6. The van der Waals surface area contributed by atoms with E-state index in [4.69, 9.17) is 9.26 Å². The van der Waals surface area contributed by atoms with Crippen molar-refractivity contribution in [2.75, 3.05) is 33.3 Å². The Morgan fingerprint density at radius 2 is 2.09 bits per heavy atom. The normalized spacial score (nSPS) is 29.6. The third-order valence-electron chi connectivity index (χ3n) is 5.76. The number of ether oxygens (including phenoxy) is 1. The Balaban J connectivity index is 1.36. The highest BCUT2D eigenvalue weighted by molar-refractivity contribution is 4.93. The molecule has 1 aliphatic carbocycles. The molecule has 128 valence electrons. The van der Waals surface area contributed by atoms with Crippen LogP contribution in [0.4, 0.5) is 0 Å². The molecule has 5 rings (SSSR count). The molecule has 0 aromatic carbocycles. The maximum Gasteiger partial charge on any atom is 0.240 e. The molecule has 2 bridgehead atoms. The van der Waals surface area contributed by atoms with Crippen LogP contribution >= 0.6 is 0 Å². The quantitative estimate of drug-likeness (QED) is 0.798. The van der Waals surface area contributed by atoms with Crippen molar-refractivity contribution < 1.29 is 9.26 Å². The maximum atomic E-state index is 5.37. The Morgan fingerprint density at radius 3 is 2.87 bits per heavy atom. The topological polar surface area (TPSA) is 54.6 Å². The summed E-state index contributed by atoms with van der Waals surface area (Å²) in [7, 11) is 1.65. The maximum absolute atomic E-state index is 5.37. The van der Waals surface area contributed by atoms with E-state index in [9.17, 15) is 0 Å². The first-order valence-corrected chi connectivity index (χ1v) is 9.07. The van der Waals surface area contributed by atoms with E-state index < -0.39 is 0 Å². The van der Waals surface area contributed by atoms with Crippen LogP contribution in [0.5, 0.6) is 0 Å². The van der Waals surface area contributed by atoms with E-state index in [1.165, 1.54) is 51.7 Å². The van der Waals surface area contributed by atoms with Gasteiger partial charge < -0.3 is 9.26 Å². The summed E-state index contributed by atoms with van der Waals surface area (Å²) in [5, 5.41) is 3.97. The van der Waals surface area contributed by atoms with Crippen molar-refractivity contribution >= 4 is 0 Å². The van der Waals surface area contributed by atoms with Crippen molar-refractivity contribution in [2.24, 2.45) is 11.8 Å². The van der Waals surface area contributed by atoms with Gasteiger partial charge in [0.25, 0.3) is 0 Å². The fraction of sp³-hybridized carbons (Fsp3) is 0.882. The molecule has 6 heteroatoms. The van der Waals surface area contributed by atoms with Gasteiger partial charge in [-0.25, -0.2) is 0 Å². The van der Waals surface area contributed by atoms with E-state index in [0.717, 1.165) is 36.9 Å². The number of methoxy groups -OCH3 is 1. The third kappa shape index (κ3) is 3.59. The average molecular weight is 320 g/mol. The second kappa shape index (κ2) is 6.87.